The molecule has 0 aromatic carbocycles. The van der Waals surface area contributed by atoms with Crippen LogP contribution in [0.2, 0.25) is 0 Å². The number of aromatic nitrogens is 1. The Morgan fingerprint density at radius 3 is 2.84 bits per heavy atom. The number of nitrogens with one attached hydrogen (secondary N) is 2. The van der Waals surface area contributed by atoms with Crippen LogP contribution in [0.25, 0.3) is 0 Å². The van der Waals surface area contributed by atoms with Crippen molar-refractivity contribution in [2.75, 3.05) is 33.4 Å². The van der Waals surface area contributed by atoms with Gasteiger partial charge in [-0.05, 0) is 12.8 Å². The zero-order valence-electron chi connectivity index (χ0n) is 15.6. The molecule has 0 saturated carbocycles. The third kappa shape index (κ3) is 8.19. The van der Waals surface area contributed by atoms with Gasteiger partial charge in [0.2, 0.25) is 0 Å². The van der Waals surface area contributed by atoms with Gasteiger partial charge >= 0.3 is 0 Å². The smallest absolute Gasteiger partial charge is 0.191 e. The Labute approximate surface area is 172 Å². The molecular weight excluding hydrogens is 451 g/mol. The molecule has 1 saturated heterocycles. The monoisotopic (exact) mass is 482 g/mol. The van der Waals surface area contributed by atoms with Crippen LogP contribution >= 0.6 is 35.3 Å². The lowest BCUT2D eigenvalue weighted by Crippen LogP contribution is -2.37. The van der Waals surface area contributed by atoms with Crippen LogP contribution < -0.4 is 10.6 Å². The number of guanidine groups is 1. The number of hydrogen-bond donors (Lipinski definition) is 2. The van der Waals surface area contributed by atoms with Crippen molar-refractivity contribution in [3.63, 3.8) is 0 Å². The summed E-state index contributed by atoms with van der Waals surface area (Å²) >= 11 is 1.69. The largest absolute Gasteiger partial charge is 0.379 e. The highest BCUT2D eigenvalue weighted by Crippen LogP contribution is 2.23. The molecule has 2 N–H and O–H groups in total. The van der Waals surface area contributed by atoms with Gasteiger partial charge in [-0.1, -0.05) is 20.8 Å². The summed E-state index contributed by atoms with van der Waals surface area (Å²) in [4.78, 5) is 8.93. The maximum Gasteiger partial charge on any atom is 0.191 e. The van der Waals surface area contributed by atoms with E-state index in [1.165, 1.54) is 0 Å². The first-order chi connectivity index (χ1) is 11.5. The van der Waals surface area contributed by atoms with Crippen LogP contribution in [0.4, 0.5) is 0 Å². The van der Waals surface area contributed by atoms with Crippen LogP contribution in [-0.4, -0.2) is 50.5 Å². The summed E-state index contributed by atoms with van der Waals surface area (Å²) in [5.41, 5.74) is 1.24. The number of ether oxygens (including phenoxy) is 2. The Hall–Kier alpha value is -0.450. The lowest BCUT2D eigenvalue weighted by molar-refractivity contribution is 0.0420. The summed E-state index contributed by atoms with van der Waals surface area (Å²) in [6.45, 7) is 10.4. The first-order valence-corrected chi connectivity index (χ1v) is 9.46. The molecule has 0 aliphatic carbocycles. The second kappa shape index (κ2) is 11.3. The zero-order chi connectivity index (χ0) is 17.4. The standard InChI is InChI=1S/C17H30N4O2S.HI/c1-17(2,3)14-12-24-15(21-14)10-20-16(18-4)19-7-5-8-23-13-6-9-22-11-13;/h12-13H,5-11H2,1-4H3,(H2,18,19,20);1H. The Bertz CT molecular complexity index is 525. The molecule has 2 rings (SSSR count). The van der Waals surface area contributed by atoms with Crippen molar-refractivity contribution in [3.8, 4) is 0 Å². The first kappa shape index (κ1) is 22.6. The minimum absolute atomic E-state index is 0. The van der Waals surface area contributed by atoms with Gasteiger partial charge in [-0.15, -0.1) is 35.3 Å². The fraction of sp³-hybridized carbons (Fsp3) is 0.765. The van der Waals surface area contributed by atoms with Crippen molar-refractivity contribution >= 4 is 41.3 Å². The third-order valence-electron chi connectivity index (χ3n) is 3.81. The number of halogens is 1. The van der Waals surface area contributed by atoms with Gasteiger partial charge in [0.05, 0.1) is 24.9 Å². The molecule has 25 heavy (non-hydrogen) atoms. The Balaban J connectivity index is 0.00000312. The number of hydrogen-bond acceptors (Lipinski definition) is 5. The van der Waals surface area contributed by atoms with Crippen LogP contribution in [0, 0.1) is 0 Å². The zero-order valence-corrected chi connectivity index (χ0v) is 18.8. The SMILES string of the molecule is CN=C(NCCCOC1CCOC1)NCc1nc(C(C)(C)C)cs1.I. The van der Waals surface area contributed by atoms with Gasteiger partial charge in [-0.3, -0.25) is 4.99 Å². The van der Waals surface area contributed by atoms with Crippen LogP contribution in [0.1, 0.15) is 44.3 Å². The van der Waals surface area contributed by atoms with E-state index in [1.807, 2.05) is 0 Å². The molecule has 0 amide bonds. The predicted molar refractivity (Wildman–Crippen MR) is 114 cm³/mol. The summed E-state index contributed by atoms with van der Waals surface area (Å²) in [5.74, 6) is 0.798. The summed E-state index contributed by atoms with van der Waals surface area (Å²) in [5, 5.41) is 9.83. The molecule has 1 aromatic rings. The molecule has 144 valence electrons. The summed E-state index contributed by atoms with van der Waals surface area (Å²) in [6, 6.07) is 0. The molecule has 2 heterocycles. The van der Waals surface area contributed by atoms with E-state index in [9.17, 15) is 0 Å². The van der Waals surface area contributed by atoms with Gasteiger partial charge in [0.1, 0.15) is 5.01 Å². The van der Waals surface area contributed by atoms with Crippen LogP contribution in [0.5, 0.6) is 0 Å². The molecule has 1 atom stereocenters. The molecule has 0 bridgehead atoms. The highest BCUT2D eigenvalue weighted by molar-refractivity contribution is 14.0. The number of thiazole rings is 1. The van der Waals surface area contributed by atoms with Gasteiger partial charge in [-0.2, -0.15) is 0 Å². The normalized spacial score (nSPS) is 18.1. The van der Waals surface area contributed by atoms with Crippen molar-refractivity contribution in [2.24, 2.45) is 4.99 Å². The molecule has 1 aliphatic heterocycles. The van der Waals surface area contributed by atoms with Gasteiger partial charge in [-0.25, -0.2) is 4.98 Å². The number of aliphatic imine (C=N–C) groups is 1. The average Bonchev–Trinajstić information content (AvgIpc) is 3.20. The Kier molecular flexibility index (Phi) is 10.2. The molecule has 0 spiro atoms. The fourth-order valence-electron chi connectivity index (χ4n) is 2.29. The predicted octanol–water partition coefficient (Wildman–Crippen LogP) is 2.92. The molecular formula is C17H31IN4O2S. The third-order valence-corrected chi connectivity index (χ3v) is 4.65. The van der Waals surface area contributed by atoms with Crippen molar-refractivity contribution in [1.82, 2.24) is 15.6 Å². The van der Waals surface area contributed by atoms with E-state index >= 15 is 0 Å². The summed E-state index contributed by atoms with van der Waals surface area (Å²) < 4.78 is 11.0. The van der Waals surface area contributed by atoms with Gasteiger partial charge in [0.15, 0.2) is 5.96 Å². The lowest BCUT2D eigenvalue weighted by Gasteiger charge is -2.14. The van der Waals surface area contributed by atoms with Crippen LogP contribution in [0.15, 0.2) is 10.4 Å². The second-order valence-electron chi connectivity index (χ2n) is 6.94. The Morgan fingerprint density at radius 2 is 2.24 bits per heavy atom. The van der Waals surface area contributed by atoms with E-state index in [0.29, 0.717) is 6.54 Å². The van der Waals surface area contributed by atoms with Crippen molar-refractivity contribution in [1.29, 1.82) is 0 Å². The minimum atomic E-state index is 0. The number of rotatable bonds is 7. The summed E-state index contributed by atoms with van der Waals surface area (Å²) in [7, 11) is 1.78. The van der Waals surface area contributed by atoms with E-state index in [0.717, 1.165) is 55.9 Å². The minimum Gasteiger partial charge on any atom is -0.379 e. The van der Waals surface area contributed by atoms with E-state index in [1.54, 1.807) is 18.4 Å². The first-order valence-electron chi connectivity index (χ1n) is 8.58. The van der Waals surface area contributed by atoms with Crippen LogP contribution in [-0.2, 0) is 21.4 Å². The second-order valence-corrected chi connectivity index (χ2v) is 7.88. The Morgan fingerprint density at radius 1 is 1.44 bits per heavy atom. The van der Waals surface area contributed by atoms with Crippen LogP contribution in [0.3, 0.4) is 0 Å². The molecule has 1 aromatic heterocycles. The van der Waals surface area contributed by atoms with Gasteiger partial charge in [0.25, 0.3) is 0 Å². The average molecular weight is 482 g/mol. The quantitative estimate of drug-likeness (QED) is 0.271. The van der Waals surface area contributed by atoms with Crippen molar-refractivity contribution < 1.29 is 9.47 Å². The highest BCUT2D eigenvalue weighted by Gasteiger charge is 2.17. The molecule has 1 aliphatic rings. The topological polar surface area (TPSA) is 67.8 Å². The summed E-state index contributed by atoms with van der Waals surface area (Å²) in [6.07, 6.45) is 2.24. The fourth-order valence-corrected chi connectivity index (χ4v) is 3.25. The van der Waals surface area contributed by atoms with Gasteiger partial charge in [0, 0.05) is 37.6 Å². The van der Waals surface area contributed by atoms with E-state index in [4.69, 9.17) is 9.47 Å². The molecule has 1 fully saturated rings. The van der Waals surface area contributed by atoms with E-state index in [-0.39, 0.29) is 35.5 Å². The molecule has 8 heteroatoms. The molecule has 1 unspecified atom stereocenters. The number of nitrogens with zero attached hydrogens (tertiary/aromatic N) is 2. The van der Waals surface area contributed by atoms with Crippen molar-refractivity contribution in [3.05, 3.63) is 16.1 Å². The maximum atomic E-state index is 5.75. The van der Waals surface area contributed by atoms with Crippen molar-refractivity contribution in [2.45, 2.75) is 51.7 Å². The molecule has 0 radical (unpaired) electrons. The van der Waals surface area contributed by atoms with E-state index in [2.05, 4.69) is 46.8 Å². The molecule has 6 nitrogen and oxygen atoms in total. The lowest BCUT2D eigenvalue weighted by atomic mass is 9.93. The highest BCUT2D eigenvalue weighted by atomic mass is 127. The maximum absolute atomic E-state index is 5.75. The van der Waals surface area contributed by atoms with Gasteiger partial charge < -0.3 is 20.1 Å². The van der Waals surface area contributed by atoms with E-state index < -0.39 is 0 Å².